The number of amides is 2. The van der Waals surface area contributed by atoms with Gasteiger partial charge in [-0.1, -0.05) is 31.2 Å². The summed E-state index contributed by atoms with van der Waals surface area (Å²) in [6.45, 7) is 2.27. The van der Waals surface area contributed by atoms with Crippen molar-refractivity contribution in [1.82, 2.24) is 5.32 Å². The van der Waals surface area contributed by atoms with E-state index < -0.39 is 5.91 Å². The lowest BCUT2D eigenvalue weighted by Crippen LogP contribution is -2.27. The molecule has 25 heavy (non-hydrogen) atoms. The quantitative estimate of drug-likeness (QED) is 0.812. The number of para-hydroxylation sites is 2. The molecule has 128 valence electrons. The Morgan fingerprint density at radius 1 is 1.12 bits per heavy atom. The number of hydrogen-bond acceptors (Lipinski definition) is 4. The summed E-state index contributed by atoms with van der Waals surface area (Å²) in [5.74, 6) is -0.314. The first-order chi connectivity index (χ1) is 12.2. The Hall–Kier alpha value is -3.33. The molecule has 0 aliphatic rings. The zero-order valence-electron chi connectivity index (χ0n) is 13.9. The summed E-state index contributed by atoms with van der Waals surface area (Å²) in [6.07, 6.45) is 0.826. The second-order valence-corrected chi connectivity index (χ2v) is 5.25. The number of hydrogen-bond donors (Lipinski definition) is 2. The summed E-state index contributed by atoms with van der Waals surface area (Å²) in [4.78, 5) is 24.3. The summed E-state index contributed by atoms with van der Waals surface area (Å²) < 4.78 is 5.39. The van der Waals surface area contributed by atoms with Crippen LogP contribution >= 0.6 is 0 Å². The monoisotopic (exact) mass is 337 g/mol. The average molecular weight is 337 g/mol. The van der Waals surface area contributed by atoms with Crippen LogP contribution in [0.1, 0.15) is 29.3 Å². The van der Waals surface area contributed by atoms with Crippen LogP contribution in [-0.2, 0) is 4.79 Å². The van der Waals surface area contributed by atoms with Gasteiger partial charge in [-0.15, -0.1) is 0 Å². The van der Waals surface area contributed by atoms with E-state index in [9.17, 15) is 9.59 Å². The van der Waals surface area contributed by atoms with Gasteiger partial charge in [-0.05, 0) is 30.7 Å². The highest BCUT2D eigenvalue weighted by Crippen LogP contribution is 2.17. The lowest BCUT2D eigenvalue weighted by atomic mass is 10.1. The Bertz CT molecular complexity index is 796. The number of rotatable bonds is 7. The van der Waals surface area contributed by atoms with Crippen LogP contribution in [0.4, 0.5) is 5.69 Å². The molecule has 2 N–H and O–H groups in total. The number of nitriles is 1. The van der Waals surface area contributed by atoms with E-state index in [4.69, 9.17) is 10.00 Å². The number of anilines is 1. The maximum Gasteiger partial charge on any atom is 0.262 e. The van der Waals surface area contributed by atoms with Crippen LogP contribution in [-0.4, -0.2) is 25.0 Å². The van der Waals surface area contributed by atoms with Crippen LogP contribution in [0.3, 0.4) is 0 Å². The van der Waals surface area contributed by atoms with Crippen molar-refractivity contribution in [1.29, 1.82) is 5.26 Å². The van der Waals surface area contributed by atoms with Crippen molar-refractivity contribution in [3.63, 3.8) is 0 Å². The van der Waals surface area contributed by atoms with Gasteiger partial charge >= 0.3 is 0 Å². The van der Waals surface area contributed by atoms with E-state index in [0.29, 0.717) is 29.1 Å². The molecule has 2 rings (SSSR count). The fraction of sp³-hybridized carbons (Fsp3) is 0.211. The summed E-state index contributed by atoms with van der Waals surface area (Å²) in [6, 6.07) is 15.4. The first-order valence-electron chi connectivity index (χ1n) is 7.94. The zero-order valence-corrected chi connectivity index (χ0v) is 13.9. The molecule has 6 heteroatoms. The smallest absolute Gasteiger partial charge is 0.262 e. The van der Waals surface area contributed by atoms with Gasteiger partial charge < -0.3 is 15.4 Å². The molecule has 0 aliphatic heterocycles. The molecule has 0 spiro atoms. The van der Waals surface area contributed by atoms with Crippen LogP contribution in [0.15, 0.2) is 48.5 Å². The molecule has 0 aromatic heterocycles. The Morgan fingerprint density at radius 3 is 2.60 bits per heavy atom. The molecule has 0 saturated carbocycles. The number of benzene rings is 2. The van der Waals surface area contributed by atoms with Crippen molar-refractivity contribution in [3.8, 4) is 11.8 Å². The lowest BCUT2D eigenvalue weighted by Gasteiger charge is -2.12. The standard InChI is InChI=1S/C19H19N3O3/c1-2-11-21-19(24)15-8-4-5-9-16(15)22-18(23)13-25-17-10-6-3-7-14(17)12-20/h3-10H,2,11,13H2,1H3,(H,21,24)(H,22,23). The number of carbonyl (C=O) groups is 2. The van der Waals surface area contributed by atoms with Crippen molar-refractivity contribution in [2.75, 3.05) is 18.5 Å². The van der Waals surface area contributed by atoms with Crippen LogP contribution in [0, 0.1) is 11.3 Å². The third-order valence-corrected chi connectivity index (χ3v) is 3.35. The molecule has 0 bridgehead atoms. The minimum atomic E-state index is -0.413. The summed E-state index contributed by atoms with van der Waals surface area (Å²) >= 11 is 0. The van der Waals surface area contributed by atoms with Gasteiger partial charge in [0.1, 0.15) is 11.8 Å². The summed E-state index contributed by atoms with van der Waals surface area (Å²) in [5.41, 5.74) is 1.16. The lowest BCUT2D eigenvalue weighted by molar-refractivity contribution is -0.118. The zero-order chi connectivity index (χ0) is 18.1. The van der Waals surface area contributed by atoms with Gasteiger partial charge in [-0.25, -0.2) is 0 Å². The van der Waals surface area contributed by atoms with Crippen molar-refractivity contribution in [2.24, 2.45) is 0 Å². The normalized spacial score (nSPS) is 9.76. The number of nitrogens with one attached hydrogen (secondary N) is 2. The predicted molar refractivity (Wildman–Crippen MR) is 94.3 cm³/mol. The first-order valence-corrected chi connectivity index (χ1v) is 7.94. The van der Waals surface area contributed by atoms with Crippen LogP contribution in [0.2, 0.25) is 0 Å². The maximum atomic E-state index is 12.1. The number of carbonyl (C=O) groups excluding carboxylic acids is 2. The molecule has 0 aliphatic carbocycles. The minimum Gasteiger partial charge on any atom is -0.482 e. The molecule has 2 amide bonds. The second kappa shape index (κ2) is 9.08. The van der Waals surface area contributed by atoms with Gasteiger partial charge in [-0.3, -0.25) is 9.59 Å². The molecule has 0 fully saturated rings. The van der Waals surface area contributed by atoms with E-state index in [-0.39, 0.29) is 12.5 Å². The second-order valence-electron chi connectivity index (χ2n) is 5.25. The van der Waals surface area contributed by atoms with Gasteiger partial charge in [0, 0.05) is 6.54 Å². The Morgan fingerprint density at radius 2 is 1.84 bits per heavy atom. The third kappa shape index (κ3) is 5.08. The number of ether oxygens (including phenoxy) is 1. The molecule has 6 nitrogen and oxygen atoms in total. The predicted octanol–water partition coefficient (Wildman–Crippen LogP) is 2.72. The first kappa shape index (κ1) is 18.0. The molecule has 0 heterocycles. The largest absolute Gasteiger partial charge is 0.482 e. The van der Waals surface area contributed by atoms with Crippen molar-refractivity contribution >= 4 is 17.5 Å². The molecule has 0 saturated heterocycles. The van der Waals surface area contributed by atoms with Crippen molar-refractivity contribution in [2.45, 2.75) is 13.3 Å². The Balaban J connectivity index is 2.01. The molecule has 0 radical (unpaired) electrons. The maximum absolute atomic E-state index is 12.1. The van der Waals surface area contributed by atoms with Gasteiger partial charge in [0.05, 0.1) is 16.8 Å². The van der Waals surface area contributed by atoms with Crippen LogP contribution in [0.5, 0.6) is 5.75 Å². The van der Waals surface area contributed by atoms with Gasteiger partial charge in [-0.2, -0.15) is 5.26 Å². The topological polar surface area (TPSA) is 91.2 Å². The Labute approximate surface area is 146 Å². The van der Waals surface area contributed by atoms with Gasteiger partial charge in [0.2, 0.25) is 0 Å². The highest BCUT2D eigenvalue weighted by atomic mass is 16.5. The fourth-order valence-corrected chi connectivity index (χ4v) is 2.14. The van der Waals surface area contributed by atoms with E-state index in [1.54, 1.807) is 48.5 Å². The van der Waals surface area contributed by atoms with Crippen LogP contribution in [0.25, 0.3) is 0 Å². The van der Waals surface area contributed by atoms with Gasteiger partial charge in [0.25, 0.3) is 11.8 Å². The molecular formula is C19H19N3O3. The minimum absolute atomic E-state index is 0.242. The van der Waals surface area contributed by atoms with Crippen LogP contribution < -0.4 is 15.4 Å². The van der Waals surface area contributed by atoms with Gasteiger partial charge in [0.15, 0.2) is 6.61 Å². The molecule has 2 aromatic rings. The number of nitrogens with zero attached hydrogens (tertiary/aromatic N) is 1. The molecule has 0 unspecified atom stereocenters. The van der Waals surface area contributed by atoms with E-state index >= 15 is 0 Å². The van der Waals surface area contributed by atoms with Crippen molar-refractivity contribution < 1.29 is 14.3 Å². The molecule has 2 aromatic carbocycles. The van der Waals surface area contributed by atoms with Crippen molar-refractivity contribution in [3.05, 3.63) is 59.7 Å². The molecular weight excluding hydrogens is 318 g/mol. The Kier molecular flexibility index (Phi) is 6.55. The van der Waals surface area contributed by atoms with E-state index in [1.807, 2.05) is 13.0 Å². The summed E-state index contributed by atoms with van der Waals surface area (Å²) in [7, 11) is 0. The third-order valence-electron chi connectivity index (χ3n) is 3.35. The summed E-state index contributed by atoms with van der Waals surface area (Å²) in [5, 5.41) is 14.5. The fourth-order valence-electron chi connectivity index (χ4n) is 2.14. The van der Waals surface area contributed by atoms with E-state index in [2.05, 4.69) is 10.6 Å². The average Bonchev–Trinajstić information content (AvgIpc) is 2.65. The molecule has 0 atom stereocenters. The highest BCUT2D eigenvalue weighted by Gasteiger charge is 2.13. The van der Waals surface area contributed by atoms with E-state index in [0.717, 1.165) is 6.42 Å². The highest BCUT2D eigenvalue weighted by molar-refractivity contribution is 6.04. The van der Waals surface area contributed by atoms with E-state index in [1.165, 1.54) is 0 Å². The SMILES string of the molecule is CCCNC(=O)c1ccccc1NC(=O)COc1ccccc1C#N.